The Balaban J connectivity index is 1.41. The van der Waals surface area contributed by atoms with Crippen molar-refractivity contribution < 1.29 is 23.8 Å². The Bertz CT molecular complexity index is 595. The van der Waals surface area contributed by atoms with Crippen molar-refractivity contribution in [2.24, 2.45) is 0 Å². The predicted octanol–water partition coefficient (Wildman–Crippen LogP) is 3.89. The summed E-state index contributed by atoms with van der Waals surface area (Å²) in [7, 11) is 0. The second-order valence-electron chi connectivity index (χ2n) is 5.68. The van der Waals surface area contributed by atoms with E-state index in [1.54, 1.807) is 36.4 Å². The van der Waals surface area contributed by atoms with Crippen LogP contribution >= 0.6 is 0 Å². The van der Waals surface area contributed by atoms with Crippen LogP contribution < -0.4 is 0 Å². The molecule has 0 N–H and O–H groups in total. The normalized spacial score (nSPS) is 10.3. The van der Waals surface area contributed by atoms with Gasteiger partial charge in [0.2, 0.25) is 0 Å². The Kier molecular flexibility index (Phi) is 8.94. The van der Waals surface area contributed by atoms with E-state index in [9.17, 15) is 9.59 Å². The minimum absolute atomic E-state index is 0.299. The lowest BCUT2D eigenvalue weighted by Gasteiger charge is -2.07. The lowest BCUT2D eigenvalue weighted by Crippen LogP contribution is -2.09. The van der Waals surface area contributed by atoms with Gasteiger partial charge in [0.15, 0.2) is 0 Å². The standard InChI is InChI=1S/C21H24O5/c22-20(18-10-3-1-4-11-18)25-16-8-7-14-24-15-9-17-26-21(23)19-12-5-2-6-13-19/h1-6,10-13H,7-9,14-17H2. The summed E-state index contributed by atoms with van der Waals surface area (Å²) >= 11 is 0. The SMILES string of the molecule is O=C(OCCCCOCCCOC(=O)c1ccccc1)c1ccccc1. The first kappa shape index (κ1) is 19.7. The average molecular weight is 356 g/mol. The van der Waals surface area contributed by atoms with Crippen LogP contribution in [0.4, 0.5) is 0 Å². The number of hydrogen-bond acceptors (Lipinski definition) is 5. The van der Waals surface area contributed by atoms with Crippen LogP contribution in [0.25, 0.3) is 0 Å². The molecular weight excluding hydrogens is 332 g/mol. The lowest BCUT2D eigenvalue weighted by molar-refractivity contribution is 0.0418. The van der Waals surface area contributed by atoms with Gasteiger partial charge < -0.3 is 14.2 Å². The molecule has 0 aliphatic rings. The van der Waals surface area contributed by atoms with Crippen molar-refractivity contribution in [1.29, 1.82) is 0 Å². The zero-order valence-corrected chi connectivity index (χ0v) is 14.8. The Labute approximate surface area is 153 Å². The largest absolute Gasteiger partial charge is 0.462 e. The molecule has 0 unspecified atom stereocenters. The van der Waals surface area contributed by atoms with Gasteiger partial charge in [0, 0.05) is 19.6 Å². The van der Waals surface area contributed by atoms with Crippen molar-refractivity contribution in [2.75, 3.05) is 26.4 Å². The number of ether oxygens (including phenoxy) is 3. The molecule has 0 bridgehead atoms. The lowest BCUT2D eigenvalue weighted by atomic mass is 10.2. The molecular formula is C21H24O5. The van der Waals surface area contributed by atoms with Crippen molar-refractivity contribution in [3.05, 3.63) is 71.8 Å². The maximum atomic E-state index is 11.7. The van der Waals surface area contributed by atoms with Gasteiger partial charge in [-0.1, -0.05) is 36.4 Å². The van der Waals surface area contributed by atoms with E-state index >= 15 is 0 Å². The van der Waals surface area contributed by atoms with E-state index in [1.165, 1.54) is 0 Å². The molecule has 2 rings (SSSR count). The molecule has 0 saturated carbocycles. The topological polar surface area (TPSA) is 61.8 Å². The number of unbranched alkanes of at least 4 members (excludes halogenated alkanes) is 1. The highest BCUT2D eigenvalue weighted by Crippen LogP contribution is 2.03. The molecule has 5 nitrogen and oxygen atoms in total. The molecule has 2 aromatic rings. The van der Waals surface area contributed by atoms with Gasteiger partial charge >= 0.3 is 11.9 Å². The van der Waals surface area contributed by atoms with E-state index in [4.69, 9.17) is 14.2 Å². The summed E-state index contributed by atoms with van der Waals surface area (Å²) in [4.78, 5) is 23.4. The fourth-order valence-electron chi connectivity index (χ4n) is 2.21. The third-order valence-corrected chi connectivity index (χ3v) is 3.60. The van der Waals surface area contributed by atoms with E-state index in [2.05, 4.69) is 0 Å². The van der Waals surface area contributed by atoms with Crippen LogP contribution in [0.1, 0.15) is 40.0 Å². The van der Waals surface area contributed by atoms with Crippen molar-refractivity contribution in [3.63, 3.8) is 0 Å². The molecule has 0 saturated heterocycles. The first-order valence-corrected chi connectivity index (χ1v) is 8.79. The molecule has 2 aromatic carbocycles. The second kappa shape index (κ2) is 11.8. The molecule has 0 radical (unpaired) electrons. The van der Waals surface area contributed by atoms with Gasteiger partial charge in [-0.15, -0.1) is 0 Å². The molecule has 0 amide bonds. The molecule has 0 aromatic heterocycles. The molecule has 0 aliphatic carbocycles. The number of carbonyl (C=O) groups excluding carboxylic acids is 2. The maximum Gasteiger partial charge on any atom is 0.338 e. The van der Waals surface area contributed by atoms with Gasteiger partial charge in [0.25, 0.3) is 0 Å². The fourth-order valence-corrected chi connectivity index (χ4v) is 2.21. The molecule has 0 spiro atoms. The van der Waals surface area contributed by atoms with Crippen molar-refractivity contribution in [3.8, 4) is 0 Å². The Morgan fingerprint density at radius 3 is 1.54 bits per heavy atom. The van der Waals surface area contributed by atoms with Gasteiger partial charge in [-0.3, -0.25) is 0 Å². The first-order chi connectivity index (χ1) is 12.8. The van der Waals surface area contributed by atoms with Crippen molar-refractivity contribution >= 4 is 11.9 Å². The van der Waals surface area contributed by atoms with Crippen LogP contribution in [0.5, 0.6) is 0 Å². The summed E-state index contributed by atoms with van der Waals surface area (Å²) < 4.78 is 15.8. The smallest absolute Gasteiger partial charge is 0.338 e. The fraction of sp³-hybridized carbons (Fsp3) is 0.333. The molecule has 0 heterocycles. The summed E-state index contributed by atoms with van der Waals surface area (Å²) in [5.41, 5.74) is 1.12. The minimum atomic E-state index is -0.314. The number of esters is 2. The quantitative estimate of drug-likeness (QED) is 0.451. The van der Waals surface area contributed by atoms with E-state index in [-0.39, 0.29) is 11.9 Å². The first-order valence-electron chi connectivity index (χ1n) is 8.79. The van der Waals surface area contributed by atoms with E-state index in [0.717, 1.165) is 12.8 Å². The average Bonchev–Trinajstić information content (AvgIpc) is 2.70. The van der Waals surface area contributed by atoms with Crippen LogP contribution in [0.2, 0.25) is 0 Å². The monoisotopic (exact) mass is 356 g/mol. The minimum Gasteiger partial charge on any atom is -0.462 e. The van der Waals surface area contributed by atoms with E-state index < -0.39 is 0 Å². The summed E-state index contributed by atoms with van der Waals surface area (Å²) in [5.74, 6) is -0.613. The third-order valence-electron chi connectivity index (χ3n) is 3.60. The zero-order chi connectivity index (χ0) is 18.5. The van der Waals surface area contributed by atoms with Gasteiger partial charge in [-0.2, -0.15) is 0 Å². The molecule has 138 valence electrons. The van der Waals surface area contributed by atoms with Crippen LogP contribution in [0, 0.1) is 0 Å². The Morgan fingerprint density at radius 1 is 0.577 bits per heavy atom. The van der Waals surface area contributed by atoms with Crippen molar-refractivity contribution in [2.45, 2.75) is 19.3 Å². The highest BCUT2D eigenvalue weighted by Gasteiger charge is 2.06. The van der Waals surface area contributed by atoms with Crippen LogP contribution in [0.15, 0.2) is 60.7 Å². The number of carbonyl (C=O) groups is 2. The summed E-state index contributed by atoms with van der Waals surface area (Å²) in [5, 5.41) is 0. The molecule has 5 heteroatoms. The van der Waals surface area contributed by atoms with Crippen LogP contribution in [-0.4, -0.2) is 38.4 Å². The highest BCUT2D eigenvalue weighted by atomic mass is 16.5. The van der Waals surface area contributed by atoms with Crippen LogP contribution in [0.3, 0.4) is 0 Å². The molecule has 0 atom stereocenters. The number of hydrogen-bond donors (Lipinski definition) is 0. The Morgan fingerprint density at radius 2 is 1.00 bits per heavy atom. The molecule has 0 aliphatic heterocycles. The van der Waals surface area contributed by atoms with E-state index in [0.29, 0.717) is 44.0 Å². The van der Waals surface area contributed by atoms with Gasteiger partial charge in [0.1, 0.15) is 0 Å². The van der Waals surface area contributed by atoms with Gasteiger partial charge in [-0.05, 0) is 37.1 Å². The summed E-state index contributed by atoms with van der Waals surface area (Å²) in [6, 6.07) is 17.8. The zero-order valence-electron chi connectivity index (χ0n) is 14.8. The van der Waals surface area contributed by atoms with Crippen LogP contribution in [-0.2, 0) is 14.2 Å². The van der Waals surface area contributed by atoms with Crippen molar-refractivity contribution in [1.82, 2.24) is 0 Å². The van der Waals surface area contributed by atoms with E-state index in [1.807, 2.05) is 24.3 Å². The predicted molar refractivity (Wildman–Crippen MR) is 98.1 cm³/mol. The Hall–Kier alpha value is -2.66. The molecule has 0 fully saturated rings. The summed E-state index contributed by atoms with van der Waals surface area (Å²) in [6.45, 7) is 1.84. The number of rotatable bonds is 11. The summed E-state index contributed by atoms with van der Waals surface area (Å²) in [6.07, 6.45) is 2.22. The van der Waals surface area contributed by atoms with Gasteiger partial charge in [0.05, 0.1) is 24.3 Å². The third kappa shape index (κ3) is 7.49. The number of benzene rings is 2. The second-order valence-corrected chi connectivity index (χ2v) is 5.68. The molecule has 26 heavy (non-hydrogen) atoms. The van der Waals surface area contributed by atoms with Gasteiger partial charge in [-0.25, -0.2) is 9.59 Å². The maximum absolute atomic E-state index is 11.7. The highest BCUT2D eigenvalue weighted by molar-refractivity contribution is 5.89.